The molecule has 2 aliphatic rings. The highest BCUT2D eigenvalue weighted by Gasteiger charge is 2.23. The number of rotatable bonds is 13. The van der Waals surface area contributed by atoms with Gasteiger partial charge in [-0.25, -0.2) is 19.9 Å². The molecule has 2 saturated carbocycles. The summed E-state index contributed by atoms with van der Waals surface area (Å²) in [6.45, 7) is 9.89. The zero-order valence-corrected chi connectivity index (χ0v) is 33.9. The van der Waals surface area contributed by atoms with Gasteiger partial charge in [-0.3, -0.25) is 0 Å². The maximum atomic E-state index is 5.50. The normalized spacial score (nSPS) is 19.1. The Morgan fingerprint density at radius 3 is 1.25 bits per heavy atom. The number of hydrogen-bond acceptors (Lipinski definition) is 6. The van der Waals surface area contributed by atoms with Crippen molar-refractivity contribution in [1.82, 2.24) is 19.9 Å². The van der Waals surface area contributed by atoms with Crippen molar-refractivity contribution in [3.05, 3.63) is 107 Å². The lowest BCUT2D eigenvalue weighted by Crippen LogP contribution is -2.13. The predicted molar refractivity (Wildman–Crippen MR) is 224 cm³/mol. The average molecular weight is 739 g/mol. The molecule has 0 radical (unpaired) electrons. The molecule has 0 bridgehead atoms. The Hall–Kier alpha value is -4.68. The van der Waals surface area contributed by atoms with Crippen molar-refractivity contribution in [2.45, 2.75) is 136 Å². The molecule has 0 aliphatic heterocycles. The summed E-state index contributed by atoms with van der Waals surface area (Å²) in [5.41, 5.74) is 4.95. The number of unbranched alkanes of at least 4 members (excludes halogenated alkanes) is 2. The fraction of sp³-hybridized carbons (Fsp3) is 0.510. The van der Waals surface area contributed by atoms with Crippen LogP contribution in [0.5, 0.6) is 11.5 Å². The van der Waals surface area contributed by atoms with E-state index in [1.54, 1.807) is 24.8 Å². The van der Waals surface area contributed by atoms with Crippen LogP contribution in [0.25, 0.3) is 0 Å². The third-order valence-electron chi connectivity index (χ3n) is 11.1. The van der Waals surface area contributed by atoms with E-state index in [1.165, 1.54) is 101 Å². The standard InChI is InChI=1S/C25H32N2O.C24H30N2O/c1-3-5-6-20-7-12-22(13-8-20)23-14-9-21(10-15-23)11-16-25-26-18-24(19-27-25)28-17-4-2;1-3-5-6-19-7-12-21(13-8-19)22-14-9-20(10-15-22)11-16-24-25-17-23(18-26-24)27-4-2/h9-10,14-15,18-20,22H,3-8,12-13,17H2,1-2H3;9-10,14-15,17-19,21H,3-8,12-13H2,1-2H3. The van der Waals surface area contributed by atoms with Gasteiger partial charge >= 0.3 is 0 Å². The second-order valence-electron chi connectivity index (χ2n) is 15.2. The maximum absolute atomic E-state index is 5.50. The fourth-order valence-electron chi connectivity index (χ4n) is 7.79. The minimum absolute atomic E-state index is 0.521. The molecule has 55 heavy (non-hydrogen) atoms. The van der Waals surface area contributed by atoms with Crippen LogP contribution in [0.1, 0.15) is 170 Å². The first-order valence-corrected chi connectivity index (χ1v) is 21.2. The van der Waals surface area contributed by atoms with Crippen LogP contribution in [0.2, 0.25) is 0 Å². The van der Waals surface area contributed by atoms with Crippen LogP contribution in [0.3, 0.4) is 0 Å². The summed E-state index contributed by atoms with van der Waals surface area (Å²) >= 11 is 0. The molecule has 2 heterocycles. The molecule has 2 aromatic carbocycles. The molecule has 0 spiro atoms. The van der Waals surface area contributed by atoms with Gasteiger partial charge in [0.15, 0.2) is 11.5 Å². The van der Waals surface area contributed by atoms with Crippen molar-refractivity contribution in [3.63, 3.8) is 0 Å². The Morgan fingerprint density at radius 1 is 0.491 bits per heavy atom. The van der Waals surface area contributed by atoms with Crippen LogP contribution in [0, 0.1) is 35.5 Å². The van der Waals surface area contributed by atoms with Gasteiger partial charge in [-0.15, -0.1) is 0 Å². The molecule has 0 atom stereocenters. The summed E-state index contributed by atoms with van der Waals surface area (Å²) in [6.07, 6.45) is 26.8. The molecular weight excluding hydrogens is 677 g/mol. The van der Waals surface area contributed by atoms with Gasteiger partial charge in [0, 0.05) is 11.1 Å². The zero-order chi connectivity index (χ0) is 38.5. The van der Waals surface area contributed by atoms with E-state index in [9.17, 15) is 0 Å². The van der Waals surface area contributed by atoms with Gasteiger partial charge in [-0.2, -0.15) is 0 Å². The van der Waals surface area contributed by atoms with Crippen molar-refractivity contribution in [1.29, 1.82) is 0 Å². The van der Waals surface area contributed by atoms with Crippen LogP contribution in [0.15, 0.2) is 73.3 Å². The van der Waals surface area contributed by atoms with Crippen molar-refractivity contribution in [2.24, 2.45) is 11.8 Å². The number of hydrogen-bond donors (Lipinski definition) is 0. The van der Waals surface area contributed by atoms with E-state index < -0.39 is 0 Å². The smallest absolute Gasteiger partial charge is 0.205 e. The summed E-state index contributed by atoms with van der Waals surface area (Å²) < 4.78 is 10.8. The molecule has 6 heteroatoms. The van der Waals surface area contributed by atoms with Crippen LogP contribution >= 0.6 is 0 Å². The second-order valence-corrected chi connectivity index (χ2v) is 15.2. The molecule has 6 nitrogen and oxygen atoms in total. The molecule has 2 fully saturated rings. The van der Waals surface area contributed by atoms with E-state index in [0.717, 1.165) is 41.2 Å². The van der Waals surface area contributed by atoms with Crippen LogP contribution < -0.4 is 9.47 Å². The first-order chi connectivity index (χ1) is 27.1. The highest BCUT2D eigenvalue weighted by atomic mass is 16.5. The largest absolute Gasteiger partial charge is 0.491 e. The Balaban J connectivity index is 0.000000211. The minimum Gasteiger partial charge on any atom is -0.491 e. The second kappa shape index (κ2) is 23.3. The Morgan fingerprint density at radius 2 is 0.891 bits per heavy atom. The third-order valence-corrected chi connectivity index (χ3v) is 11.1. The molecule has 0 N–H and O–H groups in total. The highest BCUT2D eigenvalue weighted by molar-refractivity contribution is 5.41. The first-order valence-electron chi connectivity index (χ1n) is 21.2. The maximum Gasteiger partial charge on any atom is 0.205 e. The Kier molecular flexibility index (Phi) is 17.6. The number of benzene rings is 2. The quantitative estimate of drug-likeness (QED) is 0.127. The molecule has 2 aromatic heterocycles. The molecule has 0 amide bonds. The summed E-state index contributed by atoms with van der Waals surface area (Å²) in [7, 11) is 0. The van der Waals surface area contributed by atoms with E-state index in [4.69, 9.17) is 9.47 Å². The van der Waals surface area contributed by atoms with Gasteiger partial charge in [0.2, 0.25) is 11.6 Å². The van der Waals surface area contributed by atoms with Crippen molar-refractivity contribution in [2.75, 3.05) is 13.2 Å². The topological polar surface area (TPSA) is 70.0 Å². The molecule has 0 saturated heterocycles. The van der Waals surface area contributed by atoms with E-state index in [1.807, 2.05) is 6.92 Å². The van der Waals surface area contributed by atoms with Gasteiger partial charge in [-0.1, -0.05) is 95.4 Å². The Bertz CT molecular complexity index is 1780. The molecule has 0 unspecified atom stereocenters. The SMILES string of the molecule is CCCCC1CCC(c2ccc(C#Cc3ncc(OCC)cn3)cc2)CC1.CCCCC1CCC(c2ccc(C#Cc3ncc(OCCC)cn3)cc2)CC1. The minimum atomic E-state index is 0.521. The number of nitrogens with zero attached hydrogens (tertiary/aromatic N) is 4. The van der Waals surface area contributed by atoms with E-state index >= 15 is 0 Å². The van der Waals surface area contributed by atoms with Crippen LogP contribution in [-0.2, 0) is 0 Å². The van der Waals surface area contributed by atoms with Gasteiger partial charge in [0.05, 0.1) is 38.0 Å². The summed E-state index contributed by atoms with van der Waals surface area (Å²) in [4.78, 5) is 17.0. The van der Waals surface area contributed by atoms with Gasteiger partial charge in [0.1, 0.15) is 0 Å². The third kappa shape index (κ3) is 14.2. The number of aromatic nitrogens is 4. The summed E-state index contributed by atoms with van der Waals surface area (Å²) in [5.74, 6) is 18.2. The van der Waals surface area contributed by atoms with E-state index in [0.29, 0.717) is 36.4 Å². The van der Waals surface area contributed by atoms with Gasteiger partial charge in [0.25, 0.3) is 0 Å². The monoisotopic (exact) mass is 738 g/mol. The fourth-order valence-corrected chi connectivity index (χ4v) is 7.79. The van der Waals surface area contributed by atoms with Crippen LogP contribution in [-0.4, -0.2) is 33.1 Å². The summed E-state index contributed by atoms with van der Waals surface area (Å²) in [5, 5.41) is 0. The number of ether oxygens (including phenoxy) is 2. The van der Waals surface area contributed by atoms with Crippen molar-refractivity contribution < 1.29 is 9.47 Å². The van der Waals surface area contributed by atoms with E-state index in [-0.39, 0.29) is 0 Å². The molecule has 2 aliphatic carbocycles. The van der Waals surface area contributed by atoms with Gasteiger partial charge < -0.3 is 9.47 Å². The van der Waals surface area contributed by atoms with Crippen LogP contribution in [0.4, 0.5) is 0 Å². The van der Waals surface area contributed by atoms with Crippen molar-refractivity contribution >= 4 is 0 Å². The average Bonchev–Trinajstić information content (AvgIpc) is 3.25. The van der Waals surface area contributed by atoms with Gasteiger partial charge in [-0.05, 0) is 136 Å². The summed E-state index contributed by atoms with van der Waals surface area (Å²) in [6, 6.07) is 17.5. The Labute approximate surface area is 331 Å². The molecular formula is C49H62N4O2. The molecule has 6 rings (SSSR count). The lowest BCUT2D eigenvalue weighted by atomic mass is 9.77. The molecule has 4 aromatic rings. The highest BCUT2D eigenvalue weighted by Crippen LogP contribution is 2.39. The van der Waals surface area contributed by atoms with E-state index in [2.05, 4.69) is 113 Å². The lowest BCUT2D eigenvalue weighted by molar-refractivity contribution is 0.304. The predicted octanol–water partition coefficient (Wildman–Crippen LogP) is 11.9. The lowest BCUT2D eigenvalue weighted by Gasteiger charge is -2.28. The van der Waals surface area contributed by atoms with Crippen molar-refractivity contribution in [3.8, 4) is 35.2 Å². The zero-order valence-electron chi connectivity index (χ0n) is 33.9. The molecule has 290 valence electrons. The first kappa shape index (κ1) is 41.5.